The molecule has 0 spiro atoms. The van der Waals surface area contributed by atoms with E-state index in [1.54, 1.807) is 0 Å². The second-order valence-electron chi connectivity index (χ2n) is 6.08. The van der Waals surface area contributed by atoms with E-state index in [1.807, 2.05) is 13.0 Å². The first-order chi connectivity index (χ1) is 11.1. The molecule has 5 heteroatoms. The molecule has 1 aromatic carbocycles. The molecule has 5 nitrogen and oxygen atoms in total. The Morgan fingerprint density at radius 3 is 2.70 bits per heavy atom. The zero-order chi connectivity index (χ0) is 16.2. The lowest BCUT2D eigenvalue weighted by Crippen LogP contribution is -2.22. The summed E-state index contributed by atoms with van der Waals surface area (Å²) in [5, 5.41) is 8.06. The second kappa shape index (κ2) is 7.04. The third-order valence-corrected chi connectivity index (χ3v) is 4.17. The molecule has 23 heavy (non-hydrogen) atoms. The van der Waals surface area contributed by atoms with Crippen LogP contribution in [0.3, 0.4) is 0 Å². The molecule has 1 atom stereocenters. The maximum atomic E-state index is 5.65. The summed E-state index contributed by atoms with van der Waals surface area (Å²) < 4.78 is 13.3. The van der Waals surface area contributed by atoms with Crippen molar-refractivity contribution in [3.63, 3.8) is 0 Å². The molecule has 124 valence electrons. The van der Waals surface area contributed by atoms with Crippen molar-refractivity contribution in [2.75, 3.05) is 19.8 Å². The minimum absolute atomic E-state index is 0.284. The number of hydrogen-bond acceptors (Lipinski definition) is 4. The van der Waals surface area contributed by atoms with Gasteiger partial charge >= 0.3 is 0 Å². The van der Waals surface area contributed by atoms with Crippen molar-refractivity contribution in [1.29, 1.82) is 0 Å². The van der Waals surface area contributed by atoms with Gasteiger partial charge in [0.1, 0.15) is 13.2 Å². The van der Waals surface area contributed by atoms with Crippen LogP contribution in [0.1, 0.15) is 36.3 Å². The van der Waals surface area contributed by atoms with Crippen LogP contribution in [-0.2, 0) is 6.54 Å². The van der Waals surface area contributed by atoms with Gasteiger partial charge in [0.15, 0.2) is 11.5 Å². The van der Waals surface area contributed by atoms with Crippen LogP contribution in [0.4, 0.5) is 0 Å². The molecule has 0 fully saturated rings. The number of aromatic nitrogens is 2. The van der Waals surface area contributed by atoms with Crippen LogP contribution in [0, 0.1) is 13.8 Å². The van der Waals surface area contributed by atoms with Gasteiger partial charge in [-0.1, -0.05) is 6.07 Å². The van der Waals surface area contributed by atoms with E-state index in [2.05, 4.69) is 47.1 Å². The van der Waals surface area contributed by atoms with Gasteiger partial charge in [0.2, 0.25) is 0 Å². The van der Waals surface area contributed by atoms with Crippen LogP contribution in [0.25, 0.3) is 0 Å². The van der Waals surface area contributed by atoms with E-state index in [1.165, 1.54) is 11.3 Å². The smallest absolute Gasteiger partial charge is 0.161 e. The van der Waals surface area contributed by atoms with E-state index in [0.29, 0.717) is 13.2 Å². The highest BCUT2D eigenvalue weighted by molar-refractivity contribution is 5.44. The third-order valence-electron chi connectivity index (χ3n) is 4.17. The quantitative estimate of drug-likeness (QED) is 0.833. The van der Waals surface area contributed by atoms with E-state index in [-0.39, 0.29) is 6.04 Å². The fourth-order valence-corrected chi connectivity index (χ4v) is 2.90. The predicted octanol–water partition coefficient (Wildman–Crippen LogP) is 3.01. The van der Waals surface area contributed by atoms with Crippen molar-refractivity contribution in [1.82, 2.24) is 15.1 Å². The van der Waals surface area contributed by atoms with Gasteiger partial charge in [0, 0.05) is 18.3 Å². The minimum atomic E-state index is 0.284. The molecule has 0 amide bonds. The fraction of sp³-hybridized carbons (Fsp3) is 0.500. The first-order valence-corrected chi connectivity index (χ1v) is 8.27. The molecule has 0 bridgehead atoms. The molecule has 1 aliphatic rings. The topological polar surface area (TPSA) is 48.3 Å². The molecule has 0 saturated heterocycles. The molecule has 0 radical (unpaired) electrons. The second-order valence-corrected chi connectivity index (χ2v) is 6.08. The van der Waals surface area contributed by atoms with E-state index < -0.39 is 0 Å². The van der Waals surface area contributed by atoms with Gasteiger partial charge in [-0.2, -0.15) is 5.10 Å². The number of rotatable bonds is 6. The molecule has 1 aromatic heterocycles. The lowest BCUT2D eigenvalue weighted by atomic mass is 10.1. The zero-order valence-corrected chi connectivity index (χ0v) is 14.1. The Bertz CT molecular complexity index is 666. The first kappa shape index (κ1) is 15.9. The van der Waals surface area contributed by atoms with Crippen molar-refractivity contribution in [2.45, 2.75) is 39.8 Å². The standard InChI is InChI=1S/C18H25N3O2/c1-13-11-14(2)21(20-13)8-4-7-19-15(3)16-5-6-17-18(12-16)23-10-9-22-17/h5-6,11-12,15,19H,4,7-10H2,1-3H3/t15-/m1/s1. The number of fused-ring (bicyclic) bond motifs is 1. The first-order valence-electron chi connectivity index (χ1n) is 8.27. The van der Waals surface area contributed by atoms with Crippen LogP contribution in [0.2, 0.25) is 0 Å². The maximum absolute atomic E-state index is 5.65. The number of hydrogen-bond donors (Lipinski definition) is 1. The van der Waals surface area contributed by atoms with Crippen LogP contribution < -0.4 is 14.8 Å². The summed E-state index contributed by atoms with van der Waals surface area (Å²) in [6.07, 6.45) is 1.05. The Balaban J connectivity index is 1.49. The van der Waals surface area contributed by atoms with Crippen LogP contribution in [0.15, 0.2) is 24.3 Å². The summed E-state index contributed by atoms with van der Waals surface area (Å²) in [4.78, 5) is 0. The zero-order valence-electron chi connectivity index (χ0n) is 14.1. The molecule has 1 aliphatic heterocycles. The fourth-order valence-electron chi connectivity index (χ4n) is 2.90. The minimum Gasteiger partial charge on any atom is -0.486 e. The Hall–Kier alpha value is -2.01. The van der Waals surface area contributed by atoms with E-state index in [0.717, 1.165) is 36.7 Å². The number of ether oxygens (including phenoxy) is 2. The lowest BCUT2D eigenvalue weighted by molar-refractivity contribution is 0.171. The Kier molecular flexibility index (Phi) is 4.86. The Morgan fingerprint density at radius 1 is 1.17 bits per heavy atom. The summed E-state index contributed by atoms with van der Waals surface area (Å²) >= 11 is 0. The van der Waals surface area contributed by atoms with Gasteiger partial charge in [-0.3, -0.25) is 4.68 Å². The van der Waals surface area contributed by atoms with E-state index in [9.17, 15) is 0 Å². The van der Waals surface area contributed by atoms with Crippen molar-refractivity contribution in [3.8, 4) is 11.5 Å². The number of nitrogens with zero attached hydrogens (tertiary/aromatic N) is 2. The van der Waals surface area contributed by atoms with E-state index in [4.69, 9.17) is 9.47 Å². The van der Waals surface area contributed by atoms with E-state index >= 15 is 0 Å². The molecule has 3 rings (SSSR count). The third kappa shape index (κ3) is 3.85. The molecule has 1 N–H and O–H groups in total. The van der Waals surface area contributed by atoms with Gasteiger partial charge in [-0.05, 0) is 57.5 Å². The summed E-state index contributed by atoms with van der Waals surface area (Å²) in [5.41, 5.74) is 3.53. The average Bonchev–Trinajstić information content (AvgIpc) is 2.88. The highest BCUT2D eigenvalue weighted by atomic mass is 16.6. The van der Waals surface area contributed by atoms with Gasteiger partial charge in [-0.25, -0.2) is 0 Å². The van der Waals surface area contributed by atoms with Gasteiger partial charge < -0.3 is 14.8 Å². The number of aryl methyl sites for hydroxylation is 3. The molecule has 0 saturated carbocycles. The lowest BCUT2D eigenvalue weighted by Gasteiger charge is -2.21. The van der Waals surface area contributed by atoms with Gasteiger partial charge in [-0.15, -0.1) is 0 Å². The van der Waals surface area contributed by atoms with Crippen molar-refractivity contribution in [2.24, 2.45) is 0 Å². The largest absolute Gasteiger partial charge is 0.486 e. The molecule has 0 unspecified atom stereocenters. The maximum Gasteiger partial charge on any atom is 0.161 e. The number of nitrogens with one attached hydrogen (secondary N) is 1. The van der Waals surface area contributed by atoms with Gasteiger partial charge in [0.25, 0.3) is 0 Å². The SMILES string of the molecule is Cc1cc(C)n(CCCN[C@H](C)c2ccc3c(c2)OCCO3)n1. The monoisotopic (exact) mass is 315 g/mol. The normalized spacial score (nSPS) is 14.7. The van der Waals surface area contributed by atoms with Crippen molar-refractivity contribution >= 4 is 0 Å². The predicted molar refractivity (Wildman–Crippen MR) is 90.2 cm³/mol. The summed E-state index contributed by atoms with van der Waals surface area (Å²) in [5.74, 6) is 1.70. The molecule has 0 aliphatic carbocycles. The van der Waals surface area contributed by atoms with Crippen LogP contribution >= 0.6 is 0 Å². The van der Waals surface area contributed by atoms with Crippen molar-refractivity contribution in [3.05, 3.63) is 41.2 Å². The Morgan fingerprint density at radius 2 is 1.96 bits per heavy atom. The van der Waals surface area contributed by atoms with Crippen LogP contribution in [-0.4, -0.2) is 29.5 Å². The van der Waals surface area contributed by atoms with Gasteiger partial charge in [0.05, 0.1) is 5.69 Å². The summed E-state index contributed by atoms with van der Waals surface area (Å²) in [7, 11) is 0. The van der Waals surface area contributed by atoms with Crippen LogP contribution in [0.5, 0.6) is 11.5 Å². The highest BCUT2D eigenvalue weighted by Gasteiger charge is 2.14. The number of benzene rings is 1. The molecular formula is C18H25N3O2. The average molecular weight is 315 g/mol. The molecule has 2 heterocycles. The van der Waals surface area contributed by atoms with Crippen molar-refractivity contribution < 1.29 is 9.47 Å². The Labute approximate surface area is 137 Å². The molecular weight excluding hydrogens is 290 g/mol. The summed E-state index contributed by atoms with van der Waals surface area (Å²) in [6, 6.07) is 8.58. The highest BCUT2D eigenvalue weighted by Crippen LogP contribution is 2.32. The summed E-state index contributed by atoms with van der Waals surface area (Å²) in [6.45, 7) is 9.47. The molecule has 2 aromatic rings.